The molecule has 6 aromatic carbocycles. The molecule has 11 rings (SSSR count). The standard InChI is InChI=1S/C49H34N2O/c1-2-10-31(11-3-1)36-28-42(50-43(29-36)35-20-25-41-40-16-8-9-17-46(40)52-47(41)30-35)34-18-23-37(24-19-34)51-44-26-21-32-12-4-6-14-38(32)48(44)49-39-15-7-5-13-33(39)22-27-45(49)51/h2,4-30,41,47H,1,3H2. The molecular weight excluding hydrogens is 633 g/mol. The molecule has 0 bridgehead atoms. The van der Waals surface area contributed by atoms with Crippen LogP contribution in [0.3, 0.4) is 0 Å². The predicted molar refractivity (Wildman–Crippen MR) is 216 cm³/mol. The quantitative estimate of drug-likeness (QED) is 0.187. The first kappa shape index (κ1) is 29.3. The van der Waals surface area contributed by atoms with Crippen LogP contribution in [0.15, 0.2) is 170 Å². The molecule has 0 amide bonds. The highest BCUT2D eigenvalue weighted by atomic mass is 16.5. The van der Waals surface area contributed by atoms with Gasteiger partial charge in [0.05, 0.1) is 22.4 Å². The third kappa shape index (κ3) is 4.56. The van der Waals surface area contributed by atoms with E-state index in [0.717, 1.165) is 46.8 Å². The van der Waals surface area contributed by atoms with Gasteiger partial charge in [0.15, 0.2) is 0 Å². The normalized spacial score (nSPS) is 17.7. The monoisotopic (exact) mass is 666 g/mol. The minimum absolute atomic E-state index is 0.0279. The Balaban J connectivity index is 1.04. The van der Waals surface area contributed by atoms with Crippen molar-refractivity contribution in [3.8, 4) is 22.7 Å². The van der Waals surface area contributed by atoms with Gasteiger partial charge in [-0.3, -0.25) is 0 Å². The maximum Gasteiger partial charge on any atom is 0.128 e. The van der Waals surface area contributed by atoms with E-state index >= 15 is 0 Å². The molecular formula is C49H34N2O. The van der Waals surface area contributed by atoms with E-state index in [4.69, 9.17) is 9.72 Å². The van der Waals surface area contributed by atoms with Gasteiger partial charge >= 0.3 is 0 Å². The van der Waals surface area contributed by atoms with E-state index in [2.05, 4.69) is 168 Å². The van der Waals surface area contributed by atoms with Gasteiger partial charge in [-0.05, 0) is 99.6 Å². The molecule has 3 aliphatic rings. The number of para-hydroxylation sites is 1. The molecule has 2 aromatic heterocycles. The van der Waals surface area contributed by atoms with Crippen molar-refractivity contribution in [1.29, 1.82) is 0 Å². The van der Waals surface area contributed by atoms with Crippen LogP contribution in [0, 0.1) is 0 Å². The number of fused-ring (bicyclic) bond motifs is 10. The highest BCUT2D eigenvalue weighted by Gasteiger charge is 2.33. The first-order valence-electron chi connectivity index (χ1n) is 18.3. The van der Waals surface area contributed by atoms with Crippen molar-refractivity contribution in [2.45, 2.75) is 24.9 Å². The molecule has 0 saturated heterocycles. The minimum Gasteiger partial charge on any atom is -0.485 e. The molecule has 3 heterocycles. The molecule has 3 heteroatoms. The molecule has 0 saturated carbocycles. The SMILES string of the molecule is C1=CC(c2cc(C3=CC4Oc5ccccc5C4C=C3)nc(-c3ccc(-n4c5ccc6ccccc6c5c5c6ccccc6ccc54)cc3)c2)=CCC1. The van der Waals surface area contributed by atoms with Crippen molar-refractivity contribution in [3.05, 3.63) is 187 Å². The lowest BCUT2D eigenvalue weighted by Gasteiger charge is -2.19. The van der Waals surface area contributed by atoms with Gasteiger partial charge in [-0.25, -0.2) is 4.98 Å². The summed E-state index contributed by atoms with van der Waals surface area (Å²) in [6, 6.07) is 48.4. The van der Waals surface area contributed by atoms with Crippen LogP contribution in [0.1, 0.15) is 35.6 Å². The van der Waals surface area contributed by atoms with Crippen LogP contribution < -0.4 is 4.74 Å². The van der Waals surface area contributed by atoms with Crippen LogP contribution in [0.25, 0.3) is 71.4 Å². The van der Waals surface area contributed by atoms with Crippen LogP contribution in [0.2, 0.25) is 0 Å². The summed E-state index contributed by atoms with van der Waals surface area (Å²) in [4.78, 5) is 5.31. The van der Waals surface area contributed by atoms with E-state index in [0.29, 0.717) is 0 Å². The lowest BCUT2D eigenvalue weighted by atomic mass is 9.88. The van der Waals surface area contributed by atoms with Gasteiger partial charge < -0.3 is 9.30 Å². The molecule has 2 aliphatic carbocycles. The summed E-state index contributed by atoms with van der Waals surface area (Å²) in [7, 11) is 0. The molecule has 0 radical (unpaired) electrons. The highest BCUT2D eigenvalue weighted by Crippen LogP contribution is 2.44. The smallest absolute Gasteiger partial charge is 0.128 e. The topological polar surface area (TPSA) is 27.1 Å². The average molecular weight is 667 g/mol. The summed E-state index contributed by atoms with van der Waals surface area (Å²) in [5, 5.41) is 7.66. The zero-order valence-corrected chi connectivity index (χ0v) is 28.5. The Morgan fingerprint density at radius 2 is 1.29 bits per heavy atom. The summed E-state index contributed by atoms with van der Waals surface area (Å²) in [6.45, 7) is 0. The number of hydrogen-bond acceptors (Lipinski definition) is 2. The first-order valence-corrected chi connectivity index (χ1v) is 18.3. The maximum atomic E-state index is 6.40. The van der Waals surface area contributed by atoms with Crippen molar-refractivity contribution < 1.29 is 4.74 Å². The number of aromatic nitrogens is 2. The molecule has 246 valence electrons. The van der Waals surface area contributed by atoms with Gasteiger partial charge in [0, 0.05) is 33.5 Å². The summed E-state index contributed by atoms with van der Waals surface area (Å²) >= 11 is 0. The molecule has 1 aliphatic heterocycles. The Kier molecular flexibility index (Phi) is 6.50. The Morgan fingerprint density at radius 1 is 0.596 bits per heavy atom. The number of hydrogen-bond donors (Lipinski definition) is 0. The number of nitrogens with zero attached hydrogens (tertiary/aromatic N) is 2. The van der Waals surface area contributed by atoms with E-state index in [1.807, 2.05) is 6.07 Å². The van der Waals surface area contributed by atoms with Crippen LogP contribution in [-0.2, 0) is 0 Å². The Hall–Kier alpha value is -6.45. The van der Waals surface area contributed by atoms with Crippen molar-refractivity contribution >= 4 is 54.5 Å². The maximum absolute atomic E-state index is 6.40. The minimum atomic E-state index is -0.0279. The average Bonchev–Trinajstić information content (AvgIpc) is 3.77. The Labute approximate surface area is 302 Å². The molecule has 0 spiro atoms. The fourth-order valence-corrected chi connectivity index (χ4v) is 8.65. The van der Waals surface area contributed by atoms with Crippen LogP contribution in [-0.4, -0.2) is 15.7 Å². The summed E-state index contributed by atoms with van der Waals surface area (Å²) < 4.78 is 8.83. The zero-order valence-electron chi connectivity index (χ0n) is 28.5. The number of benzene rings is 6. The van der Waals surface area contributed by atoms with Gasteiger partial charge in [-0.2, -0.15) is 0 Å². The largest absolute Gasteiger partial charge is 0.485 e. The first-order chi connectivity index (χ1) is 25.8. The second kappa shape index (κ2) is 11.5. The van der Waals surface area contributed by atoms with Crippen molar-refractivity contribution in [2.24, 2.45) is 0 Å². The molecule has 0 N–H and O–H groups in total. The zero-order chi connectivity index (χ0) is 34.2. The second-order valence-electron chi connectivity index (χ2n) is 14.1. The number of allylic oxidation sites excluding steroid dienone is 6. The number of pyridine rings is 1. The van der Waals surface area contributed by atoms with Gasteiger partial charge in [-0.1, -0.05) is 121 Å². The number of rotatable bonds is 4. The fraction of sp³-hybridized carbons (Fsp3) is 0.0816. The summed E-state index contributed by atoms with van der Waals surface area (Å²) in [5.41, 5.74) is 11.4. The lowest BCUT2D eigenvalue weighted by molar-refractivity contribution is 0.269. The lowest BCUT2D eigenvalue weighted by Crippen LogP contribution is -2.17. The molecule has 3 nitrogen and oxygen atoms in total. The second-order valence-corrected chi connectivity index (χ2v) is 14.1. The Bertz CT molecular complexity index is 2790. The molecule has 0 fully saturated rings. The van der Waals surface area contributed by atoms with E-state index in [-0.39, 0.29) is 12.0 Å². The van der Waals surface area contributed by atoms with Crippen molar-refractivity contribution in [2.75, 3.05) is 0 Å². The molecule has 2 atom stereocenters. The predicted octanol–water partition coefficient (Wildman–Crippen LogP) is 12.4. The summed E-state index contributed by atoms with van der Waals surface area (Å²) in [6.07, 6.45) is 15.7. The van der Waals surface area contributed by atoms with Crippen molar-refractivity contribution in [3.63, 3.8) is 0 Å². The van der Waals surface area contributed by atoms with E-state index in [9.17, 15) is 0 Å². The summed E-state index contributed by atoms with van der Waals surface area (Å²) in [5.74, 6) is 1.21. The Morgan fingerprint density at radius 3 is 2.02 bits per heavy atom. The van der Waals surface area contributed by atoms with E-state index < -0.39 is 0 Å². The highest BCUT2D eigenvalue weighted by molar-refractivity contribution is 6.28. The fourth-order valence-electron chi connectivity index (χ4n) is 8.65. The van der Waals surface area contributed by atoms with Crippen LogP contribution in [0.4, 0.5) is 0 Å². The molecule has 52 heavy (non-hydrogen) atoms. The number of ether oxygens (including phenoxy) is 1. The van der Waals surface area contributed by atoms with Crippen molar-refractivity contribution in [1.82, 2.24) is 9.55 Å². The van der Waals surface area contributed by atoms with Gasteiger partial charge in [-0.15, -0.1) is 0 Å². The van der Waals surface area contributed by atoms with Crippen LogP contribution >= 0.6 is 0 Å². The molecule has 8 aromatic rings. The van der Waals surface area contributed by atoms with Crippen LogP contribution in [0.5, 0.6) is 5.75 Å². The van der Waals surface area contributed by atoms with Gasteiger partial charge in [0.2, 0.25) is 0 Å². The van der Waals surface area contributed by atoms with Gasteiger partial charge in [0.25, 0.3) is 0 Å². The van der Waals surface area contributed by atoms with Gasteiger partial charge in [0.1, 0.15) is 11.9 Å². The van der Waals surface area contributed by atoms with E-state index in [1.54, 1.807) is 0 Å². The molecule has 2 unspecified atom stereocenters. The third-order valence-corrected chi connectivity index (χ3v) is 11.1. The third-order valence-electron chi connectivity index (χ3n) is 11.1. The van der Waals surface area contributed by atoms with E-state index in [1.165, 1.54) is 60.1 Å².